The zero-order valence-electron chi connectivity index (χ0n) is 18.7. The molecule has 1 atom stereocenters. The van der Waals surface area contributed by atoms with E-state index in [9.17, 15) is 18.0 Å². The third-order valence-corrected chi connectivity index (χ3v) is 6.67. The molecule has 6 heterocycles. The first-order valence-electron chi connectivity index (χ1n) is 11.4. The largest absolute Gasteiger partial charge is 0.366 e. The summed E-state index contributed by atoms with van der Waals surface area (Å²) in [6, 6.07) is 9.51. The second kappa shape index (κ2) is 8.10. The molecule has 3 aliphatic rings. The number of urea groups is 1. The Balaban J connectivity index is 1.33. The van der Waals surface area contributed by atoms with Gasteiger partial charge in [-0.2, -0.15) is 0 Å². The normalized spacial score (nSPS) is 20.2. The molecule has 180 valence electrons. The number of hydrogen-bond donors (Lipinski definition) is 1. The lowest BCUT2D eigenvalue weighted by Crippen LogP contribution is -2.48. The van der Waals surface area contributed by atoms with E-state index in [4.69, 9.17) is 4.98 Å². The minimum atomic E-state index is -2.72. The number of carbonyl (C=O) groups is 1. The van der Waals surface area contributed by atoms with Crippen LogP contribution in [-0.2, 0) is 0 Å². The molecule has 11 heteroatoms. The first-order chi connectivity index (χ1) is 16.9. The molecule has 8 nitrogen and oxygen atoms in total. The summed E-state index contributed by atoms with van der Waals surface area (Å²) >= 11 is 0. The number of alkyl halides is 2. The second-order valence-electron chi connectivity index (χ2n) is 9.02. The molecule has 35 heavy (non-hydrogen) atoms. The molecule has 6 rings (SSSR count). The van der Waals surface area contributed by atoms with Crippen LogP contribution in [0.15, 0.2) is 48.8 Å². The summed E-state index contributed by atoms with van der Waals surface area (Å²) in [6.45, 7) is 1.38. The van der Waals surface area contributed by atoms with Crippen molar-refractivity contribution >= 4 is 29.2 Å². The van der Waals surface area contributed by atoms with Crippen LogP contribution in [0.3, 0.4) is 0 Å². The van der Waals surface area contributed by atoms with Crippen LogP contribution in [0.25, 0.3) is 11.3 Å². The van der Waals surface area contributed by atoms with Gasteiger partial charge in [0.15, 0.2) is 5.82 Å². The Kier molecular flexibility index (Phi) is 5.01. The van der Waals surface area contributed by atoms with Crippen LogP contribution in [0.2, 0.25) is 0 Å². The lowest BCUT2D eigenvalue weighted by atomic mass is 10.1. The summed E-state index contributed by atoms with van der Waals surface area (Å²) in [5.41, 5.74) is 2.18. The number of hydrogen-bond acceptors (Lipinski definition) is 6. The quantitative estimate of drug-likeness (QED) is 0.606. The summed E-state index contributed by atoms with van der Waals surface area (Å²) in [4.78, 5) is 31.7. The molecule has 3 aliphatic heterocycles. The van der Waals surface area contributed by atoms with Crippen molar-refractivity contribution in [1.29, 1.82) is 0 Å². The summed E-state index contributed by atoms with van der Waals surface area (Å²) < 4.78 is 40.6. The molecule has 3 aromatic heterocycles. The number of carbonyl (C=O) groups excluding carboxylic acids is 1. The molecule has 2 bridgehead atoms. The average molecular weight is 481 g/mol. The molecular weight excluding hydrogens is 459 g/mol. The van der Waals surface area contributed by atoms with Crippen molar-refractivity contribution in [2.24, 2.45) is 0 Å². The molecule has 0 spiro atoms. The fourth-order valence-corrected chi connectivity index (χ4v) is 4.93. The van der Waals surface area contributed by atoms with E-state index < -0.39 is 17.8 Å². The first-order valence-corrected chi connectivity index (χ1v) is 11.4. The average Bonchev–Trinajstić information content (AvgIpc) is 3.44. The maximum atomic E-state index is 13.7. The van der Waals surface area contributed by atoms with Crippen LogP contribution < -0.4 is 20.0 Å². The summed E-state index contributed by atoms with van der Waals surface area (Å²) in [6.07, 6.45) is 3.23. The number of amides is 2. The number of rotatable bonds is 3. The molecule has 2 amide bonds. The minimum Gasteiger partial charge on any atom is -0.366 e. The van der Waals surface area contributed by atoms with Crippen molar-refractivity contribution in [3.63, 3.8) is 0 Å². The maximum Gasteiger partial charge on any atom is 0.329 e. The Bertz CT molecular complexity index is 1290. The number of aromatic nitrogens is 3. The van der Waals surface area contributed by atoms with Gasteiger partial charge in [0.1, 0.15) is 17.5 Å². The Labute approximate surface area is 199 Å². The Hall–Kier alpha value is -3.89. The van der Waals surface area contributed by atoms with Gasteiger partial charge in [-0.1, -0.05) is 0 Å². The Morgan fingerprint density at radius 1 is 1.09 bits per heavy atom. The van der Waals surface area contributed by atoms with Gasteiger partial charge in [-0.05, 0) is 42.8 Å². The molecule has 0 radical (unpaired) electrons. The van der Waals surface area contributed by atoms with E-state index >= 15 is 0 Å². The Morgan fingerprint density at radius 2 is 1.97 bits per heavy atom. The fraction of sp³-hybridized carbons (Fsp3) is 0.333. The minimum absolute atomic E-state index is 0.0643. The zero-order valence-corrected chi connectivity index (χ0v) is 18.7. The van der Waals surface area contributed by atoms with Gasteiger partial charge in [-0.25, -0.2) is 32.9 Å². The van der Waals surface area contributed by atoms with Gasteiger partial charge in [0.2, 0.25) is 0 Å². The summed E-state index contributed by atoms with van der Waals surface area (Å²) in [7, 11) is 0. The molecular formula is C24H22F3N7O. The van der Waals surface area contributed by atoms with Gasteiger partial charge < -0.3 is 9.80 Å². The van der Waals surface area contributed by atoms with E-state index in [0.29, 0.717) is 23.9 Å². The third kappa shape index (κ3) is 4.00. The van der Waals surface area contributed by atoms with Crippen LogP contribution in [0.1, 0.15) is 12.8 Å². The van der Waals surface area contributed by atoms with Crippen molar-refractivity contribution in [3.05, 3.63) is 54.6 Å². The topological polar surface area (TPSA) is 77.5 Å². The van der Waals surface area contributed by atoms with Crippen LogP contribution in [0.4, 0.5) is 41.1 Å². The van der Waals surface area contributed by atoms with Gasteiger partial charge in [-0.3, -0.25) is 10.2 Å². The lowest BCUT2D eigenvalue weighted by Gasteiger charge is -2.35. The zero-order chi connectivity index (χ0) is 24.2. The number of halogens is 3. The molecule has 2 fully saturated rings. The Morgan fingerprint density at radius 3 is 2.74 bits per heavy atom. The van der Waals surface area contributed by atoms with Gasteiger partial charge >= 0.3 is 6.03 Å². The monoisotopic (exact) mass is 481 g/mol. The highest BCUT2D eigenvalue weighted by atomic mass is 19.3. The third-order valence-electron chi connectivity index (χ3n) is 6.67. The van der Waals surface area contributed by atoms with E-state index in [0.717, 1.165) is 30.4 Å². The predicted molar refractivity (Wildman–Crippen MR) is 126 cm³/mol. The second-order valence-corrected chi connectivity index (χ2v) is 9.02. The molecule has 0 aromatic carbocycles. The number of nitrogens with zero attached hydrogens (tertiary/aromatic N) is 6. The van der Waals surface area contributed by atoms with Gasteiger partial charge in [-0.15, -0.1) is 0 Å². The van der Waals surface area contributed by atoms with E-state index in [2.05, 4.69) is 20.2 Å². The highest BCUT2D eigenvalue weighted by Gasteiger charge is 2.41. The SMILES string of the molecule is O=C(Nc1ccc(F)cn1)N1c2nc(-c3ccnc(N4CCC(F)(F)C4)c3)ccc2N2CC[C@H]1C2. The van der Waals surface area contributed by atoms with Crippen molar-refractivity contribution in [1.82, 2.24) is 15.0 Å². The highest BCUT2D eigenvalue weighted by molar-refractivity contribution is 6.04. The molecule has 0 saturated carbocycles. The van der Waals surface area contributed by atoms with Crippen molar-refractivity contribution < 1.29 is 18.0 Å². The van der Waals surface area contributed by atoms with Gasteiger partial charge in [0.05, 0.1) is 30.2 Å². The molecule has 1 N–H and O–H groups in total. The molecule has 0 unspecified atom stereocenters. The van der Waals surface area contributed by atoms with Crippen LogP contribution in [-0.4, -0.2) is 59.1 Å². The molecule has 2 saturated heterocycles. The highest BCUT2D eigenvalue weighted by Crippen LogP contribution is 2.40. The number of fused-ring (bicyclic) bond motifs is 4. The molecule has 3 aromatic rings. The van der Waals surface area contributed by atoms with Crippen molar-refractivity contribution in [2.75, 3.05) is 46.2 Å². The maximum absolute atomic E-state index is 13.7. The number of nitrogens with one attached hydrogen (secondary N) is 1. The van der Waals surface area contributed by atoms with Crippen molar-refractivity contribution in [2.45, 2.75) is 24.8 Å². The standard InChI is InChI=1S/C24H22F3N7O/c25-16-1-4-20(29-12-16)31-23(35)34-17-6-9-32(13-17)19-3-2-18(30-22(19)34)15-5-8-28-21(11-15)33-10-7-24(26,27)14-33/h1-5,8,11-12,17H,6-7,9-10,13-14H2,(H,29,31,35)/t17-/m0/s1. The predicted octanol–water partition coefficient (Wildman–Crippen LogP) is 4.15. The summed E-state index contributed by atoms with van der Waals surface area (Å²) in [5.74, 6) is -1.97. The van der Waals surface area contributed by atoms with E-state index in [1.54, 1.807) is 28.1 Å². The number of pyridine rings is 3. The van der Waals surface area contributed by atoms with Gasteiger partial charge in [0.25, 0.3) is 5.92 Å². The van der Waals surface area contributed by atoms with Gasteiger partial charge in [0, 0.05) is 37.8 Å². The lowest BCUT2D eigenvalue weighted by molar-refractivity contribution is 0.0256. The van der Waals surface area contributed by atoms with E-state index in [-0.39, 0.29) is 31.4 Å². The van der Waals surface area contributed by atoms with Crippen LogP contribution >= 0.6 is 0 Å². The van der Waals surface area contributed by atoms with Crippen molar-refractivity contribution in [3.8, 4) is 11.3 Å². The van der Waals surface area contributed by atoms with Crippen LogP contribution in [0, 0.1) is 5.82 Å². The van der Waals surface area contributed by atoms with Crippen LogP contribution in [0.5, 0.6) is 0 Å². The first kappa shape index (κ1) is 21.6. The fourth-order valence-electron chi connectivity index (χ4n) is 4.93. The number of anilines is 4. The van der Waals surface area contributed by atoms with E-state index in [1.165, 1.54) is 12.1 Å². The smallest absolute Gasteiger partial charge is 0.329 e. The summed E-state index contributed by atoms with van der Waals surface area (Å²) in [5, 5.41) is 2.74. The van der Waals surface area contributed by atoms with E-state index in [1.807, 2.05) is 12.1 Å². The molecule has 0 aliphatic carbocycles.